The molecule has 0 atom stereocenters. The van der Waals surface area contributed by atoms with E-state index in [0.717, 1.165) is 16.9 Å². The molecule has 5 nitrogen and oxygen atoms in total. The molecule has 0 aliphatic rings. The number of pyridine rings is 1. The van der Waals surface area contributed by atoms with Gasteiger partial charge in [0.1, 0.15) is 11.4 Å². The molecule has 0 spiro atoms. The number of phenols is 1. The first-order chi connectivity index (χ1) is 8.83. The van der Waals surface area contributed by atoms with Crippen molar-refractivity contribution >= 4 is 0 Å². The van der Waals surface area contributed by atoms with Gasteiger partial charge in [-0.2, -0.15) is 0 Å². The molecule has 0 amide bonds. The summed E-state index contributed by atoms with van der Waals surface area (Å²) in [5, 5.41) is 17.4. The van der Waals surface area contributed by atoms with Gasteiger partial charge >= 0.3 is 0 Å². The lowest BCUT2D eigenvalue weighted by molar-refractivity contribution is 0.475. The number of aromatic nitrogens is 4. The van der Waals surface area contributed by atoms with Crippen LogP contribution in [0.4, 0.5) is 0 Å². The van der Waals surface area contributed by atoms with Gasteiger partial charge in [-0.25, -0.2) is 4.68 Å². The summed E-state index contributed by atoms with van der Waals surface area (Å²) >= 11 is 0. The van der Waals surface area contributed by atoms with Gasteiger partial charge in [-0.15, -0.1) is 5.10 Å². The smallest absolute Gasteiger partial charge is 0.115 e. The Hall–Kier alpha value is -2.69. The van der Waals surface area contributed by atoms with Crippen LogP contribution in [0.15, 0.2) is 55.0 Å². The minimum absolute atomic E-state index is 0.230. The molecule has 18 heavy (non-hydrogen) atoms. The quantitative estimate of drug-likeness (QED) is 0.742. The van der Waals surface area contributed by atoms with Crippen LogP contribution in [0.5, 0.6) is 5.75 Å². The average molecular weight is 238 g/mol. The fraction of sp³-hybridized carbons (Fsp3) is 0. The van der Waals surface area contributed by atoms with Gasteiger partial charge in [-0.1, -0.05) is 5.21 Å². The fourth-order valence-corrected chi connectivity index (χ4v) is 1.65. The molecule has 0 unspecified atom stereocenters. The Morgan fingerprint density at radius 3 is 2.39 bits per heavy atom. The molecule has 0 saturated heterocycles. The molecule has 2 heterocycles. The summed E-state index contributed by atoms with van der Waals surface area (Å²) in [5.74, 6) is 0.230. The van der Waals surface area contributed by atoms with Crippen molar-refractivity contribution in [2.24, 2.45) is 0 Å². The van der Waals surface area contributed by atoms with E-state index in [9.17, 15) is 5.11 Å². The first kappa shape index (κ1) is 10.5. The maximum Gasteiger partial charge on any atom is 0.115 e. The maximum atomic E-state index is 9.23. The summed E-state index contributed by atoms with van der Waals surface area (Å²) in [6, 6.07) is 10.5. The summed E-state index contributed by atoms with van der Waals surface area (Å²) in [4.78, 5) is 3.96. The Morgan fingerprint density at radius 1 is 0.944 bits per heavy atom. The van der Waals surface area contributed by atoms with Gasteiger partial charge in [0.05, 0.1) is 11.9 Å². The molecule has 0 bridgehead atoms. The largest absolute Gasteiger partial charge is 0.508 e. The highest BCUT2D eigenvalue weighted by molar-refractivity contribution is 5.57. The zero-order valence-corrected chi connectivity index (χ0v) is 9.43. The summed E-state index contributed by atoms with van der Waals surface area (Å²) in [5.41, 5.74) is 2.60. The summed E-state index contributed by atoms with van der Waals surface area (Å²) in [6.45, 7) is 0. The highest BCUT2D eigenvalue weighted by Crippen LogP contribution is 2.17. The van der Waals surface area contributed by atoms with Gasteiger partial charge in [-0.3, -0.25) is 4.98 Å². The molecule has 0 saturated carbocycles. The second-order valence-corrected chi connectivity index (χ2v) is 3.80. The van der Waals surface area contributed by atoms with Crippen LogP contribution in [-0.4, -0.2) is 25.1 Å². The van der Waals surface area contributed by atoms with E-state index in [4.69, 9.17) is 0 Å². The fourth-order valence-electron chi connectivity index (χ4n) is 1.65. The second-order valence-electron chi connectivity index (χ2n) is 3.80. The van der Waals surface area contributed by atoms with Gasteiger partial charge in [0.2, 0.25) is 0 Å². The molecule has 1 N–H and O–H groups in total. The van der Waals surface area contributed by atoms with Crippen molar-refractivity contribution in [3.63, 3.8) is 0 Å². The summed E-state index contributed by atoms with van der Waals surface area (Å²) in [6.07, 6.45) is 5.27. The van der Waals surface area contributed by atoms with Crippen molar-refractivity contribution in [1.29, 1.82) is 0 Å². The molecule has 2 aromatic heterocycles. The van der Waals surface area contributed by atoms with Crippen LogP contribution < -0.4 is 0 Å². The van der Waals surface area contributed by atoms with E-state index in [2.05, 4.69) is 15.3 Å². The van der Waals surface area contributed by atoms with E-state index < -0.39 is 0 Å². The molecule has 5 heteroatoms. The number of hydrogen-bond donors (Lipinski definition) is 1. The zero-order valence-electron chi connectivity index (χ0n) is 9.43. The SMILES string of the molecule is Oc1ccc(-n2cc(-c3ccncc3)nn2)cc1. The Labute approximate surface area is 103 Å². The van der Waals surface area contributed by atoms with Gasteiger partial charge in [0.15, 0.2) is 0 Å². The lowest BCUT2D eigenvalue weighted by Gasteiger charge is -1.99. The Kier molecular flexibility index (Phi) is 2.49. The summed E-state index contributed by atoms with van der Waals surface area (Å²) < 4.78 is 1.66. The third kappa shape index (κ3) is 1.93. The van der Waals surface area contributed by atoms with Crippen molar-refractivity contribution in [3.8, 4) is 22.7 Å². The molecular formula is C13H10N4O. The van der Waals surface area contributed by atoms with E-state index >= 15 is 0 Å². The van der Waals surface area contributed by atoms with Gasteiger partial charge < -0.3 is 5.11 Å². The molecule has 3 aromatic rings. The van der Waals surface area contributed by atoms with E-state index in [1.54, 1.807) is 41.3 Å². The Balaban J connectivity index is 1.97. The Morgan fingerprint density at radius 2 is 1.67 bits per heavy atom. The first-order valence-corrected chi connectivity index (χ1v) is 5.45. The van der Waals surface area contributed by atoms with E-state index in [1.807, 2.05) is 18.3 Å². The molecule has 0 aliphatic heterocycles. The highest BCUT2D eigenvalue weighted by atomic mass is 16.3. The number of hydrogen-bond acceptors (Lipinski definition) is 4. The van der Waals surface area contributed by atoms with Crippen molar-refractivity contribution in [1.82, 2.24) is 20.0 Å². The standard InChI is InChI=1S/C13H10N4O/c18-12-3-1-11(2-4-12)17-9-13(15-16-17)10-5-7-14-8-6-10/h1-9,18H. The molecule has 88 valence electrons. The minimum Gasteiger partial charge on any atom is -0.508 e. The van der Waals surface area contributed by atoms with Crippen LogP contribution in [0, 0.1) is 0 Å². The third-order valence-electron chi connectivity index (χ3n) is 2.58. The second kappa shape index (κ2) is 4.29. The average Bonchev–Trinajstić information content (AvgIpc) is 2.90. The molecule has 0 fully saturated rings. The maximum absolute atomic E-state index is 9.23. The van der Waals surface area contributed by atoms with Crippen molar-refractivity contribution in [2.75, 3.05) is 0 Å². The minimum atomic E-state index is 0.230. The third-order valence-corrected chi connectivity index (χ3v) is 2.58. The number of aromatic hydroxyl groups is 1. The topological polar surface area (TPSA) is 63.8 Å². The van der Waals surface area contributed by atoms with E-state index in [0.29, 0.717) is 0 Å². The van der Waals surface area contributed by atoms with Crippen molar-refractivity contribution in [3.05, 3.63) is 55.0 Å². The van der Waals surface area contributed by atoms with Crippen LogP contribution in [0.25, 0.3) is 16.9 Å². The highest BCUT2D eigenvalue weighted by Gasteiger charge is 2.04. The number of rotatable bonds is 2. The monoisotopic (exact) mass is 238 g/mol. The predicted octanol–water partition coefficient (Wildman–Crippen LogP) is 2.03. The predicted molar refractivity (Wildman–Crippen MR) is 66.3 cm³/mol. The van der Waals surface area contributed by atoms with Crippen molar-refractivity contribution < 1.29 is 5.11 Å². The Bertz CT molecular complexity index is 646. The first-order valence-electron chi connectivity index (χ1n) is 5.45. The van der Waals surface area contributed by atoms with Gasteiger partial charge in [0.25, 0.3) is 0 Å². The molecule has 0 radical (unpaired) electrons. The molecular weight excluding hydrogens is 228 g/mol. The number of nitrogens with zero attached hydrogens (tertiary/aromatic N) is 4. The normalized spacial score (nSPS) is 10.4. The lowest BCUT2D eigenvalue weighted by atomic mass is 10.2. The van der Waals surface area contributed by atoms with Crippen LogP contribution in [0.1, 0.15) is 0 Å². The van der Waals surface area contributed by atoms with Gasteiger partial charge in [-0.05, 0) is 36.4 Å². The van der Waals surface area contributed by atoms with E-state index in [-0.39, 0.29) is 5.75 Å². The molecule has 1 aromatic carbocycles. The molecule has 0 aliphatic carbocycles. The van der Waals surface area contributed by atoms with E-state index in [1.165, 1.54) is 0 Å². The van der Waals surface area contributed by atoms with Crippen LogP contribution in [-0.2, 0) is 0 Å². The number of benzene rings is 1. The van der Waals surface area contributed by atoms with Crippen LogP contribution in [0.2, 0.25) is 0 Å². The van der Waals surface area contributed by atoms with Crippen LogP contribution in [0.3, 0.4) is 0 Å². The lowest BCUT2D eigenvalue weighted by Crippen LogP contribution is -1.93. The summed E-state index contributed by atoms with van der Waals surface area (Å²) in [7, 11) is 0. The van der Waals surface area contributed by atoms with Gasteiger partial charge in [0, 0.05) is 18.0 Å². The van der Waals surface area contributed by atoms with Crippen molar-refractivity contribution in [2.45, 2.75) is 0 Å². The van der Waals surface area contributed by atoms with Crippen LogP contribution >= 0.6 is 0 Å². The number of phenolic OH excluding ortho intramolecular Hbond substituents is 1. The molecule has 3 rings (SSSR count). The zero-order chi connectivity index (χ0) is 12.4.